The largest absolute Gasteiger partial charge is 0.208 e. The molecule has 0 N–H and O–H groups in total. The summed E-state index contributed by atoms with van der Waals surface area (Å²) in [5.41, 5.74) is 7.44. The summed E-state index contributed by atoms with van der Waals surface area (Å²) in [7, 11) is 0. The first-order chi connectivity index (χ1) is 25.2. The highest BCUT2D eigenvalue weighted by Gasteiger charge is 2.17. The number of hydrogen-bond donors (Lipinski definition) is 0. The molecular formula is C47H29N3S. The van der Waals surface area contributed by atoms with Gasteiger partial charge in [0.1, 0.15) is 0 Å². The number of aromatic nitrogens is 3. The van der Waals surface area contributed by atoms with Crippen LogP contribution < -0.4 is 0 Å². The molecule has 238 valence electrons. The van der Waals surface area contributed by atoms with E-state index >= 15 is 0 Å². The van der Waals surface area contributed by atoms with Crippen LogP contribution in [0.25, 0.3) is 98.1 Å². The first-order valence-corrected chi connectivity index (χ1v) is 17.9. The molecule has 10 aromatic rings. The Balaban J connectivity index is 1.15. The summed E-state index contributed by atoms with van der Waals surface area (Å²) < 4.78 is 2.43. The van der Waals surface area contributed by atoms with Crippen LogP contribution in [0.1, 0.15) is 0 Å². The van der Waals surface area contributed by atoms with Crippen molar-refractivity contribution in [1.29, 1.82) is 0 Å². The van der Waals surface area contributed by atoms with Crippen LogP contribution in [-0.2, 0) is 0 Å². The summed E-state index contributed by atoms with van der Waals surface area (Å²) in [5.74, 6) is 1.96. The Hall–Kier alpha value is -6.49. The van der Waals surface area contributed by atoms with Crippen LogP contribution in [0, 0.1) is 0 Å². The minimum absolute atomic E-state index is 0.645. The summed E-state index contributed by atoms with van der Waals surface area (Å²) in [5, 5.41) is 7.35. The average Bonchev–Trinajstić information content (AvgIpc) is 3.59. The Morgan fingerprint density at radius 3 is 1.41 bits per heavy atom. The van der Waals surface area contributed by atoms with E-state index in [1.54, 1.807) is 11.3 Å². The number of rotatable bonds is 5. The van der Waals surface area contributed by atoms with E-state index in [2.05, 4.69) is 176 Å². The molecule has 0 aliphatic carbocycles. The zero-order chi connectivity index (χ0) is 33.7. The van der Waals surface area contributed by atoms with Gasteiger partial charge in [-0.1, -0.05) is 140 Å². The van der Waals surface area contributed by atoms with Crippen molar-refractivity contribution < 1.29 is 0 Å². The standard InChI is InChI=1S/C47H29N3S/c1-3-12-32-26-36(24-22-30(32)10-1)34-14-7-16-38(28-34)45-48-46(39-17-8-15-35(29-39)37-25-23-31-11-2-4-13-33(31)27-37)50-47(49-45)42-20-9-19-41-40-18-5-6-21-43(40)51-44(41)42/h1-29H. The van der Waals surface area contributed by atoms with Crippen LogP contribution >= 0.6 is 11.3 Å². The Morgan fingerprint density at radius 1 is 0.314 bits per heavy atom. The van der Waals surface area contributed by atoms with Crippen LogP contribution in [0.2, 0.25) is 0 Å². The maximum atomic E-state index is 5.20. The minimum Gasteiger partial charge on any atom is -0.208 e. The molecule has 10 rings (SSSR count). The molecule has 2 heterocycles. The molecule has 0 saturated heterocycles. The van der Waals surface area contributed by atoms with Gasteiger partial charge in [0.05, 0.1) is 0 Å². The molecule has 51 heavy (non-hydrogen) atoms. The number of fused-ring (bicyclic) bond motifs is 5. The predicted molar refractivity (Wildman–Crippen MR) is 215 cm³/mol. The van der Waals surface area contributed by atoms with Crippen molar-refractivity contribution in [2.24, 2.45) is 0 Å². The molecule has 2 aromatic heterocycles. The van der Waals surface area contributed by atoms with Crippen LogP contribution in [-0.4, -0.2) is 15.0 Å². The van der Waals surface area contributed by atoms with Gasteiger partial charge in [-0.3, -0.25) is 0 Å². The average molecular weight is 668 g/mol. The number of thiophene rings is 1. The Bertz CT molecular complexity index is 2800. The number of hydrogen-bond acceptors (Lipinski definition) is 4. The van der Waals surface area contributed by atoms with Crippen molar-refractivity contribution >= 4 is 53.1 Å². The maximum Gasteiger partial charge on any atom is 0.165 e. The summed E-state index contributed by atoms with van der Waals surface area (Å²) in [4.78, 5) is 15.6. The Kier molecular flexibility index (Phi) is 7.00. The lowest BCUT2D eigenvalue weighted by atomic mass is 9.99. The molecule has 0 spiro atoms. The summed E-state index contributed by atoms with van der Waals surface area (Å²) in [6, 6.07) is 62.3. The van der Waals surface area contributed by atoms with Gasteiger partial charge in [-0.2, -0.15) is 0 Å². The highest BCUT2D eigenvalue weighted by atomic mass is 32.1. The lowest BCUT2D eigenvalue weighted by molar-refractivity contribution is 1.08. The molecule has 4 heteroatoms. The van der Waals surface area contributed by atoms with Crippen LogP contribution in [0.5, 0.6) is 0 Å². The number of nitrogens with zero attached hydrogens (tertiary/aromatic N) is 3. The van der Waals surface area contributed by atoms with E-state index in [0.717, 1.165) is 38.9 Å². The molecule has 0 atom stereocenters. The van der Waals surface area contributed by atoms with Gasteiger partial charge in [0, 0.05) is 36.9 Å². The van der Waals surface area contributed by atoms with Gasteiger partial charge in [0.15, 0.2) is 17.5 Å². The minimum atomic E-state index is 0.645. The van der Waals surface area contributed by atoms with Gasteiger partial charge in [-0.05, 0) is 80.2 Å². The van der Waals surface area contributed by atoms with Gasteiger partial charge in [-0.25, -0.2) is 15.0 Å². The topological polar surface area (TPSA) is 38.7 Å². The summed E-state index contributed by atoms with van der Waals surface area (Å²) in [6.07, 6.45) is 0. The van der Waals surface area contributed by atoms with Crippen LogP contribution in [0.3, 0.4) is 0 Å². The maximum absolute atomic E-state index is 5.20. The third-order valence-electron chi connectivity index (χ3n) is 9.69. The second-order valence-corrected chi connectivity index (χ2v) is 13.9. The van der Waals surface area contributed by atoms with Crippen LogP contribution in [0.4, 0.5) is 0 Å². The van der Waals surface area contributed by atoms with Gasteiger partial charge >= 0.3 is 0 Å². The first kappa shape index (κ1) is 29.4. The lowest BCUT2D eigenvalue weighted by Crippen LogP contribution is -2.00. The summed E-state index contributed by atoms with van der Waals surface area (Å²) >= 11 is 1.79. The third kappa shape index (κ3) is 5.34. The van der Waals surface area contributed by atoms with Gasteiger partial charge in [0.25, 0.3) is 0 Å². The fourth-order valence-electron chi connectivity index (χ4n) is 7.09. The molecule has 0 aliphatic heterocycles. The van der Waals surface area contributed by atoms with E-state index in [1.807, 2.05) is 0 Å². The molecule has 3 nitrogen and oxygen atoms in total. The van der Waals surface area contributed by atoms with E-state index in [9.17, 15) is 0 Å². The van der Waals surface area contributed by atoms with E-state index in [-0.39, 0.29) is 0 Å². The molecule has 8 aromatic carbocycles. The van der Waals surface area contributed by atoms with Crippen molar-refractivity contribution in [3.05, 3.63) is 176 Å². The number of benzene rings is 8. The predicted octanol–water partition coefficient (Wildman–Crippen LogP) is 12.9. The zero-order valence-electron chi connectivity index (χ0n) is 27.5. The Morgan fingerprint density at radius 2 is 0.784 bits per heavy atom. The van der Waals surface area contributed by atoms with E-state index in [4.69, 9.17) is 15.0 Å². The smallest absolute Gasteiger partial charge is 0.165 e. The van der Waals surface area contributed by atoms with Crippen molar-refractivity contribution in [3.63, 3.8) is 0 Å². The fourth-order valence-corrected chi connectivity index (χ4v) is 8.30. The molecule has 0 amide bonds. The van der Waals surface area contributed by atoms with Crippen molar-refractivity contribution in [1.82, 2.24) is 15.0 Å². The quantitative estimate of drug-likeness (QED) is 0.183. The molecule has 0 fully saturated rings. The molecular weight excluding hydrogens is 639 g/mol. The summed E-state index contributed by atoms with van der Waals surface area (Å²) in [6.45, 7) is 0. The van der Waals surface area contributed by atoms with E-state index < -0.39 is 0 Å². The molecule has 0 radical (unpaired) electrons. The van der Waals surface area contributed by atoms with Crippen LogP contribution in [0.15, 0.2) is 176 Å². The van der Waals surface area contributed by atoms with Gasteiger partial charge in [0.2, 0.25) is 0 Å². The highest BCUT2D eigenvalue weighted by molar-refractivity contribution is 7.26. The second kappa shape index (κ2) is 12.1. The fraction of sp³-hybridized carbons (Fsp3) is 0. The lowest BCUT2D eigenvalue weighted by Gasteiger charge is -2.11. The van der Waals surface area contributed by atoms with Crippen molar-refractivity contribution in [2.45, 2.75) is 0 Å². The molecule has 0 saturated carbocycles. The molecule has 0 aliphatic rings. The third-order valence-corrected chi connectivity index (χ3v) is 10.9. The second-order valence-electron chi connectivity index (χ2n) is 12.9. The van der Waals surface area contributed by atoms with Gasteiger partial charge in [-0.15, -0.1) is 11.3 Å². The normalized spacial score (nSPS) is 11.5. The SMILES string of the molecule is c1cc(-c2ccc3ccccc3c2)cc(-c2nc(-c3cccc(-c4ccc5ccccc5c4)c3)nc(-c3cccc4c3sc3ccccc34)n2)c1. The highest BCUT2D eigenvalue weighted by Crippen LogP contribution is 2.40. The zero-order valence-corrected chi connectivity index (χ0v) is 28.3. The van der Waals surface area contributed by atoms with Crippen molar-refractivity contribution in [3.8, 4) is 56.4 Å². The molecule has 0 unspecified atom stereocenters. The van der Waals surface area contributed by atoms with Crippen molar-refractivity contribution in [2.75, 3.05) is 0 Å². The first-order valence-electron chi connectivity index (χ1n) is 17.1. The van der Waals surface area contributed by atoms with E-state index in [0.29, 0.717) is 17.5 Å². The van der Waals surface area contributed by atoms with E-state index in [1.165, 1.54) is 41.7 Å². The molecule has 0 bridgehead atoms. The van der Waals surface area contributed by atoms with Gasteiger partial charge < -0.3 is 0 Å². The Labute approximate surface area is 299 Å². The monoisotopic (exact) mass is 667 g/mol.